The summed E-state index contributed by atoms with van der Waals surface area (Å²) in [6.45, 7) is 6.02. The van der Waals surface area contributed by atoms with Crippen LogP contribution in [0.2, 0.25) is 0 Å². The Morgan fingerprint density at radius 3 is 2.21 bits per heavy atom. The highest BCUT2D eigenvalue weighted by Gasteiger charge is 2.42. The molecule has 14 heavy (non-hydrogen) atoms. The van der Waals surface area contributed by atoms with E-state index in [2.05, 4.69) is 0 Å². The summed E-state index contributed by atoms with van der Waals surface area (Å²) in [6.07, 6.45) is 2.81. The second-order valence-electron chi connectivity index (χ2n) is 4.78. The van der Waals surface area contributed by atoms with Crippen LogP contribution in [0, 0.1) is 5.41 Å². The van der Waals surface area contributed by atoms with Crippen LogP contribution < -0.4 is 0 Å². The van der Waals surface area contributed by atoms with Crippen molar-refractivity contribution in [2.24, 2.45) is 5.41 Å². The van der Waals surface area contributed by atoms with E-state index < -0.39 is 5.60 Å². The lowest BCUT2D eigenvalue weighted by atomic mass is 9.70. The number of ether oxygens (including phenoxy) is 1. The van der Waals surface area contributed by atoms with Crippen molar-refractivity contribution in [3.63, 3.8) is 0 Å². The van der Waals surface area contributed by atoms with Crippen molar-refractivity contribution in [2.45, 2.75) is 52.1 Å². The molecule has 82 valence electrons. The summed E-state index contributed by atoms with van der Waals surface area (Å²) in [4.78, 5) is 11.6. The van der Waals surface area contributed by atoms with Gasteiger partial charge in [0.15, 0.2) is 0 Å². The van der Waals surface area contributed by atoms with E-state index in [4.69, 9.17) is 4.74 Å². The third kappa shape index (κ3) is 2.47. The molecule has 1 fully saturated rings. The standard InChI is InChI=1S/C11H20O3/c1-4-14-9(12)10(2)5-7-11(3,13)8-6-10/h13H,4-8H2,1-3H3/t10-,11-. The van der Waals surface area contributed by atoms with Crippen molar-refractivity contribution in [1.29, 1.82) is 0 Å². The summed E-state index contributed by atoms with van der Waals surface area (Å²) in [5.74, 6) is -0.115. The lowest BCUT2D eigenvalue weighted by Crippen LogP contribution is -2.40. The SMILES string of the molecule is CCOC(=O)[C@]1(C)CC[C@@](C)(O)CC1. The lowest BCUT2D eigenvalue weighted by Gasteiger charge is -2.38. The van der Waals surface area contributed by atoms with Gasteiger partial charge in [0.2, 0.25) is 0 Å². The Kier molecular flexibility index (Phi) is 3.20. The molecular formula is C11H20O3. The minimum atomic E-state index is -0.591. The molecular weight excluding hydrogens is 180 g/mol. The van der Waals surface area contributed by atoms with Gasteiger partial charge in [-0.05, 0) is 46.5 Å². The molecule has 1 saturated carbocycles. The molecule has 0 aromatic heterocycles. The Morgan fingerprint density at radius 2 is 1.79 bits per heavy atom. The Bertz CT molecular complexity index is 211. The first-order valence-corrected chi connectivity index (χ1v) is 5.29. The molecule has 0 radical (unpaired) electrons. The van der Waals surface area contributed by atoms with E-state index >= 15 is 0 Å². The second kappa shape index (κ2) is 3.89. The van der Waals surface area contributed by atoms with Crippen molar-refractivity contribution in [1.82, 2.24) is 0 Å². The zero-order chi connectivity index (χ0) is 10.8. The minimum absolute atomic E-state index is 0.115. The predicted octanol–water partition coefficient (Wildman–Crippen LogP) is 1.88. The van der Waals surface area contributed by atoms with E-state index in [0.29, 0.717) is 19.4 Å². The van der Waals surface area contributed by atoms with Crippen LogP contribution >= 0.6 is 0 Å². The molecule has 0 aromatic rings. The average Bonchev–Trinajstić information content (AvgIpc) is 2.11. The molecule has 1 rings (SSSR count). The Hall–Kier alpha value is -0.570. The van der Waals surface area contributed by atoms with E-state index in [9.17, 15) is 9.90 Å². The van der Waals surface area contributed by atoms with Gasteiger partial charge in [-0.2, -0.15) is 0 Å². The van der Waals surface area contributed by atoms with Crippen LogP contribution in [0.15, 0.2) is 0 Å². The first-order chi connectivity index (χ1) is 6.40. The Balaban J connectivity index is 2.57. The average molecular weight is 200 g/mol. The van der Waals surface area contributed by atoms with Crippen LogP contribution in [0.4, 0.5) is 0 Å². The molecule has 3 nitrogen and oxygen atoms in total. The molecule has 1 N–H and O–H groups in total. The zero-order valence-electron chi connectivity index (χ0n) is 9.30. The molecule has 1 aliphatic carbocycles. The Morgan fingerprint density at radius 1 is 1.29 bits per heavy atom. The van der Waals surface area contributed by atoms with Crippen molar-refractivity contribution >= 4 is 5.97 Å². The number of carbonyl (C=O) groups is 1. The molecule has 0 amide bonds. The molecule has 0 bridgehead atoms. The van der Waals surface area contributed by atoms with Crippen molar-refractivity contribution in [3.05, 3.63) is 0 Å². The van der Waals surface area contributed by atoms with Gasteiger partial charge < -0.3 is 9.84 Å². The summed E-state index contributed by atoms with van der Waals surface area (Å²) < 4.78 is 5.03. The van der Waals surface area contributed by atoms with Crippen LogP contribution in [0.25, 0.3) is 0 Å². The third-order valence-electron chi connectivity index (χ3n) is 3.20. The highest BCUT2D eigenvalue weighted by atomic mass is 16.5. The van der Waals surface area contributed by atoms with Gasteiger partial charge in [0, 0.05) is 0 Å². The van der Waals surface area contributed by atoms with E-state index in [1.54, 1.807) is 0 Å². The van der Waals surface area contributed by atoms with Gasteiger partial charge in [0.1, 0.15) is 0 Å². The molecule has 0 aliphatic heterocycles. The molecule has 0 atom stereocenters. The highest BCUT2D eigenvalue weighted by molar-refractivity contribution is 5.76. The topological polar surface area (TPSA) is 46.5 Å². The monoisotopic (exact) mass is 200 g/mol. The van der Waals surface area contributed by atoms with Gasteiger partial charge in [-0.25, -0.2) is 0 Å². The number of aliphatic hydroxyl groups is 1. The second-order valence-corrected chi connectivity index (χ2v) is 4.78. The smallest absolute Gasteiger partial charge is 0.311 e. The van der Waals surface area contributed by atoms with Crippen molar-refractivity contribution in [3.8, 4) is 0 Å². The maximum Gasteiger partial charge on any atom is 0.311 e. The highest BCUT2D eigenvalue weighted by Crippen LogP contribution is 2.41. The van der Waals surface area contributed by atoms with Gasteiger partial charge >= 0.3 is 5.97 Å². The number of esters is 1. The number of rotatable bonds is 2. The van der Waals surface area contributed by atoms with Gasteiger partial charge in [0.25, 0.3) is 0 Å². The minimum Gasteiger partial charge on any atom is -0.466 e. The zero-order valence-corrected chi connectivity index (χ0v) is 9.30. The quantitative estimate of drug-likeness (QED) is 0.692. The summed E-state index contributed by atoms with van der Waals surface area (Å²) in [7, 11) is 0. The maximum atomic E-state index is 11.6. The normalized spacial score (nSPS) is 38.0. The van der Waals surface area contributed by atoms with Gasteiger partial charge in [-0.1, -0.05) is 0 Å². The van der Waals surface area contributed by atoms with Crippen LogP contribution in [0.1, 0.15) is 46.5 Å². The van der Waals surface area contributed by atoms with Crippen LogP contribution in [0.5, 0.6) is 0 Å². The fourth-order valence-electron chi connectivity index (χ4n) is 1.85. The molecule has 0 aromatic carbocycles. The van der Waals surface area contributed by atoms with E-state index in [-0.39, 0.29) is 11.4 Å². The molecule has 1 aliphatic rings. The lowest BCUT2D eigenvalue weighted by molar-refractivity contribution is -0.159. The van der Waals surface area contributed by atoms with Gasteiger partial charge in [0.05, 0.1) is 17.6 Å². The molecule has 0 spiro atoms. The summed E-state index contributed by atoms with van der Waals surface area (Å²) in [6, 6.07) is 0. The summed E-state index contributed by atoms with van der Waals surface area (Å²) >= 11 is 0. The fourth-order valence-corrected chi connectivity index (χ4v) is 1.85. The fraction of sp³-hybridized carbons (Fsp3) is 0.909. The number of hydrogen-bond donors (Lipinski definition) is 1. The third-order valence-corrected chi connectivity index (χ3v) is 3.20. The van der Waals surface area contributed by atoms with Gasteiger partial charge in [-0.15, -0.1) is 0 Å². The van der Waals surface area contributed by atoms with E-state index in [0.717, 1.165) is 12.8 Å². The maximum absolute atomic E-state index is 11.6. The molecule has 0 unspecified atom stereocenters. The van der Waals surface area contributed by atoms with Crippen LogP contribution in [-0.2, 0) is 9.53 Å². The first kappa shape index (κ1) is 11.5. The number of carbonyl (C=O) groups excluding carboxylic acids is 1. The van der Waals surface area contributed by atoms with E-state index in [1.807, 2.05) is 20.8 Å². The largest absolute Gasteiger partial charge is 0.466 e. The Labute approximate surface area is 85.5 Å². The van der Waals surface area contributed by atoms with E-state index in [1.165, 1.54) is 0 Å². The predicted molar refractivity (Wildman–Crippen MR) is 53.8 cm³/mol. The van der Waals surface area contributed by atoms with Crippen LogP contribution in [0.3, 0.4) is 0 Å². The molecule has 0 heterocycles. The van der Waals surface area contributed by atoms with Crippen molar-refractivity contribution in [2.75, 3.05) is 6.61 Å². The summed E-state index contributed by atoms with van der Waals surface area (Å²) in [5.41, 5.74) is -0.968. The van der Waals surface area contributed by atoms with Crippen LogP contribution in [-0.4, -0.2) is 23.3 Å². The van der Waals surface area contributed by atoms with Crippen molar-refractivity contribution < 1.29 is 14.6 Å². The molecule has 3 heteroatoms. The van der Waals surface area contributed by atoms with Gasteiger partial charge in [-0.3, -0.25) is 4.79 Å². The first-order valence-electron chi connectivity index (χ1n) is 5.29. The molecule has 0 saturated heterocycles. The summed E-state index contributed by atoms with van der Waals surface area (Å²) in [5, 5.41) is 9.77. The number of hydrogen-bond acceptors (Lipinski definition) is 3.